The van der Waals surface area contributed by atoms with Gasteiger partial charge in [0.25, 0.3) is 0 Å². The number of carbonyl (C=O) groups excluding carboxylic acids is 3. The van der Waals surface area contributed by atoms with Gasteiger partial charge in [0.15, 0.2) is 0 Å². The molecule has 3 aliphatic rings. The largest absolute Gasteiger partial charge is 0.497 e. The molecule has 0 spiro atoms. The molecule has 0 saturated carbocycles. The fraction of sp³-hybridized carbons (Fsp3) is 0.500. The predicted molar refractivity (Wildman–Crippen MR) is 108 cm³/mol. The fourth-order valence-electron chi connectivity index (χ4n) is 4.56. The lowest BCUT2D eigenvalue weighted by Gasteiger charge is -2.38. The van der Waals surface area contributed by atoms with Crippen molar-refractivity contribution in [2.45, 2.75) is 25.8 Å². The van der Waals surface area contributed by atoms with E-state index in [0.717, 1.165) is 11.4 Å². The van der Waals surface area contributed by atoms with Crippen molar-refractivity contribution in [1.29, 1.82) is 0 Å². The monoisotopic (exact) mass is 397 g/mol. The first-order valence-corrected chi connectivity index (χ1v) is 10.2. The maximum atomic E-state index is 13.0. The highest BCUT2D eigenvalue weighted by atomic mass is 16.5. The Morgan fingerprint density at radius 3 is 2.03 bits per heavy atom. The fourth-order valence-corrected chi connectivity index (χ4v) is 4.56. The molecule has 3 atom stereocenters. The van der Waals surface area contributed by atoms with Crippen LogP contribution in [-0.2, 0) is 14.4 Å². The van der Waals surface area contributed by atoms with E-state index in [-0.39, 0.29) is 29.6 Å². The second-order valence-electron chi connectivity index (χ2n) is 7.89. The first kappa shape index (κ1) is 19.5. The van der Waals surface area contributed by atoms with Crippen LogP contribution in [0.3, 0.4) is 0 Å². The van der Waals surface area contributed by atoms with Crippen LogP contribution in [0.15, 0.2) is 36.4 Å². The summed E-state index contributed by atoms with van der Waals surface area (Å²) in [6.45, 7) is 4.24. The first-order valence-electron chi connectivity index (χ1n) is 10.2. The molecule has 4 rings (SSSR count). The number of likely N-dealkylation sites (tertiary alicyclic amines) is 1. The van der Waals surface area contributed by atoms with E-state index >= 15 is 0 Å². The van der Waals surface area contributed by atoms with Crippen LogP contribution in [0.25, 0.3) is 0 Å². The summed E-state index contributed by atoms with van der Waals surface area (Å²) in [5.41, 5.74) is 1.09. The van der Waals surface area contributed by atoms with Gasteiger partial charge in [-0.25, -0.2) is 0 Å². The molecule has 2 aliphatic heterocycles. The number of methoxy groups -OCH3 is 1. The van der Waals surface area contributed by atoms with Crippen molar-refractivity contribution in [3.8, 4) is 5.75 Å². The number of benzene rings is 1. The molecule has 0 unspecified atom stereocenters. The van der Waals surface area contributed by atoms with Gasteiger partial charge in [0.05, 0.1) is 18.9 Å². The first-order chi connectivity index (χ1) is 14.0. The zero-order chi connectivity index (χ0) is 20.5. The van der Waals surface area contributed by atoms with E-state index in [0.29, 0.717) is 39.0 Å². The average Bonchev–Trinajstić information content (AvgIpc) is 3.03. The predicted octanol–water partition coefficient (Wildman–Crippen LogP) is 1.68. The molecule has 2 fully saturated rings. The molecule has 1 aromatic rings. The topological polar surface area (TPSA) is 70.2 Å². The van der Waals surface area contributed by atoms with Gasteiger partial charge in [0, 0.05) is 31.9 Å². The molecular weight excluding hydrogens is 370 g/mol. The minimum atomic E-state index is -0.742. The maximum Gasteiger partial charge on any atom is 0.245 e. The van der Waals surface area contributed by atoms with Crippen LogP contribution < -0.4 is 9.64 Å². The SMILES string of the molecule is COc1ccc(N2CCN(C(=O)[C@H](C)N3C(=O)[C@H]4CC=CC[C@@H]4C3=O)CC2)cc1. The van der Waals surface area contributed by atoms with E-state index in [2.05, 4.69) is 4.90 Å². The Kier molecular flexibility index (Phi) is 5.30. The summed E-state index contributed by atoms with van der Waals surface area (Å²) in [5, 5.41) is 0. The molecule has 154 valence electrons. The highest BCUT2D eigenvalue weighted by Gasteiger charge is 2.50. The smallest absolute Gasteiger partial charge is 0.245 e. The van der Waals surface area contributed by atoms with Gasteiger partial charge in [-0.05, 0) is 44.0 Å². The van der Waals surface area contributed by atoms with Crippen molar-refractivity contribution >= 4 is 23.4 Å². The van der Waals surface area contributed by atoms with E-state index in [1.807, 2.05) is 36.4 Å². The van der Waals surface area contributed by atoms with Gasteiger partial charge in [0.2, 0.25) is 17.7 Å². The van der Waals surface area contributed by atoms with E-state index in [1.165, 1.54) is 4.90 Å². The van der Waals surface area contributed by atoms with Crippen LogP contribution in [0.4, 0.5) is 5.69 Å². The summed E-state index contributed by atoms with van der Waals surface area (Å²) < 4.78 is 5.20. The Labute approximate surface area is 170 Å². The van der Waals surface area contributed by atoms with Crippen molar-refractivity contribution in [2.24, 2.45) is 11.8 Å². The van der Waals surface area contributed by atoms with Crippen LogP contribution in [0.2, 0.25) is 0 Å². The van der Waals surface area contributed by atoms with E-state index in [9.17, 15) is 14.4 Å². The van der Waals surface area contributed by atoms with Gasteiger partial charge in [-0.15, -0.1) is 0 Å². The van der Waals surface area contributed by atoms with Crippen LogP contribution >= 0.6 is 0 Å². The van der Waals surface area contributed by atoms with E-state index in [1.54, 1.807) is 18.9 Å². The Morgan fingerprint density at radius 1 is 0.966 bits per heavy atom. The minimum absolute atomic E-state index is 0.146. The number of ether oxygens (including phenoxy) is 1. The van der Waals surface area contributed by atoms with Crippen molar-refractivity contribution in [3.05, 3.63) is 36.4 Å². The molecule has 1 aromatic carbocycles. The molecule has 29 heavy (non-hydrogen) atoms. The normalized spacial score (nSPS) is 25.2. The zero-order valence-corrected chi connectivity index (χ0v) is 16.9. The molecular formula is C22H27N3O4. The van der Waals surface area contributed by atoms with E-state index < -0.39 is 6.04 Å². The molecule has 7 heteroatoms. The number of anilines is 1. The third-order valence-electron chi connectivity index (χ3n) is 6.32. The number of carbonyl (C=O) groups is 3. The molecule has 1 aliphatic carbocycles. The Bertz CT molecular complexity index is 801. The molecule has 3 amide bonds. The number of imide groups is 1. The van der Waals surface area contributed by atoms with Gasteiger partial charge < -0.3 is 14.5 Å². The number of rotatable bonds is 4. The van der Waals surface area contributed by atoms with Gasteiger partial charge >= 0.3 is 0 Å². The van der Waals surface area contributed by atoms with Gasteiger partial charge in [-0.2, -0.15) is 0 Å². The molecule has 7 nitrogen and oxygen atoms in total. The summed E-state index contributed by atoms with van der Waals surface area (Å²) >= 11 is 0. The Hall–Kier alpha value is -2.83. The minimum Gasteiger partial charge on any atom is -0.497 e. The molecule has 0 aromatic heterocycles. The maximum absolute atomic E-state index is 13.0. The van der Waals surface area contributed by atoms with Crippen molar-refractivity contribution < 1.29 is 19.1 Å². The lowest BCUT2D eigenvalue weighted by Crippen LogP contribution is -2.55. The quantitative estimate of drug-likeness (QED) is 0.571. The third-order valence-corrected chi connectivity index (χ3v) is 6.32. The van der Waals surface area contributed by atoms with Crippen LogP contribution in [0.1, 0.15) is 19.8 Å². The Morgan fingerprint density at radius 2 is 1.52 bits per heavy atom. The van der Waals surface area contributed by atoms with Crippen molar-refractivity contribution in [2.75, 3.05) is 38.2 Å². The second-order valence-corrected chi connectivity index (χ2v) is 7.89. The number of fused-ring (bicyclic) bond motifs is 1. The lowest BCUT2D eigenvalue weighted by atomic mass is 9.85. The summed E-state index contributed by atoms with van der Waals surface area (Å²) in [6.07, 6.45) is 5.10. The summed E-state index contributed by atoms with van der Waals surface area (Å²) in [5.74, 6) is -0.312. The van der Waals surface area contributed by atoms with Gasteiger partial charge in [0.1, 0.15) is 11.8 Å². The molecule has 0 radical (unpaired) electrons. The Balaban J connectivity index is 1.38. The second kappa shape index (κ2) is 7.89. The summed E-state index contributed by atoms with van der Waals surface area (Å²) in [4.78, 5) is 43.8. The van der Waals surface area contributed by atoms with Crippen LogP contribution in [-0.4, -0.2) is 66.9 Å². The number of nitrogens with zero attached hydrogens (tertiary/aromatic N) is 3. The van der Waals surface area contributed by atoms with Gasteiger partial charge in [-0.3, -0.25) is 19.3 Å². The molecule has 0 N–H and O–H groups in total. The van der Waals surface area contributed by atoms with Crippen molar-refractivity contribution in [1.82, 2.24) is 9.80 Å². The number of hydrogen-bond donors (Lipinski definition) is 0. The highest BCUT2D eigenvalue weighted by Crippen LogP contribution is 2.36. The van der Waals surface area contributed by atoms with E-state index in [4.69, 9.17) is 4.74 Å². The number of hydrogen-bond acceptors (Lipinski definition) is 5. The standard InChI is InChI=1S/C22H27N3O4/c1-15(25-21(27)18-5-3-4-6-19(18)22(25)28)20(26)24-13-11-23(12-14-24)16-7-9-17(29-2)10-8-16/h3-4,7-10,15,18-19H,5-6,11-14H2,1-2H3/t15-,18-,19-/m0/s1. The number of amides is 3. The summed E-state index contributed by atoms with van der Waals surface area (Å²) in [7, 11) is 1.64. The molecule has 2 heterocycles. The molecule has 2 saturated heterocycles. The number of piperazine rings is 1. The number of allylic oxidation sites excluding steroid dienone is 2. The van der Waals surface area contributed by atoms with Gasteiger partial charge in [-0.1, -0.05) is 12.2 Å². The molecule has 0 bridgehead atoms. The average molecular weight is 397 g/mol. The van der Waals surface area contributed by atoms with Crippen LogP contribution in [0.5, 0.6) is 5.75 Å². The lowest BCUT2D eigenvalue weighted by molar-refractivity contribution is -0.151. The highest BCUT2D eigenvalue weighted by molar-refractivity contribution is 6.08. The van der Waals surface area contributed by atoms with Crippen molar-refractivity contribution in [3.63, 3.8) is 0 Å². The summed E-state index contributed by atoms with van der Waals surface area (Å²) in [6, 6.07) is 7.13. The third kappa shape index (κ3) is 3.50. The van der Waals surface area contributed by atoms with Crippen LogP contribution in [0, 0.1) is 11.8 Å². The zero-order valence-electron chi connectivity index (χ0n) is 16.9.